The number of carbonyl (C=O) groups is 2. The fourth-order valence-corrected chi connectivity index (χ4v) is 3.22. The summed E-state index contributed by atoms with van der Waals surface area (Å²) in [5.74, 6) is -2.43. The number of aliphatic hydroxyl groups is 1. The highest BCUT2D eigenvalue weighted by Gasteiger charge is 2.40. The summed E-state index contributed by atoms with van der Waals surface area (Å²) in [4.78, 5) is 25.7. The van der Waals surface area contributed by atoms with Gasteiger partial charge in [0.15, 0.2) is 0 Å². The average Bonchev–Trinajstić information content (AvgIpc) is 3.08. The number of hydrogen-bond acceptors (Lipinski definition) is 4. The smallest absolute Gasteiger partial charge is 0.389 e. The summed E-state index contributed by atoms with van der Waals surface area (Å²) >= 11 is 0. The molecular weight excluding hydrogens is 365 g/mol. The molecule has 1 fully saturated rings. The Labute approximate surface area is 155 Å². The molecule has 1 saturated heterocycles. The van der Waals surface area contributed by atoms with Crippen LogP contribution in [-0.4, -0.2) is 63.0 Å². The molecule has 2 N–H and O–H groups in total. The van der Waals surface area contributed by atoms with E-state index in [1.54, 1.807) is 10.7 Å². The second-order valence-corrected chi connectivity index (χ2v) is 7.32. The second kappa shape index (κ2) is 7.87. The molecule has 0 radical (unpaired) electrons. The largest absolute Gasteiger partial charge is 0.389 e. The zero-order valence-electron chi connectivity index (χ0n) is 15.7. The van der Waals surface area contributed by atoms with Gasteiger partial charge in [0, 0.05) is 30.7 Å². The molecular formula is C17H25F3N4O3. The molecule has 0 spiro atoms. The summed E-state index contributed by atoms with van der Waals surface area (Å²) in [6, 6.07) is 0.932. The van der Waals surface area contributed by atoms with Crippen LogP contribution in [0.5, 0.6) is 0 Å². The molecule has 1 aliphatic rings. The van der Waals surface area contributed by atoms with Crippen molar-refractivity contribution < 1.29 is 27.9 Å². The molecule has 2 heterocycles. The van der Waals surface area contributed by atoms with Crippen LogP contribution < -0.4 is 5.32 Å². The molecule has 27 heavy (non-hydrogen) atoms. The number of nitrogens with one attached hydrogen (secondary N) is 1. The van der Waals surface area contributed by atoms with Crippen molar-refractivity contribution >= 4 is 11.8 Å². The van der Waals surface area contributed by atoms with Crippen LogP contribution in [0, 0.1) is 12.8 Å². The first kappa shape index (κ1) is 21.2. The Morgan fingerprint density at radius 2 is 1.96 bits per heavy atom. The van der Waals surface area contributed by atoms with Crippen LogP contribution >= 0.6 is 0 Å². The molecule has 0 unspecified atom stereocenters. The lowest BCUT2D eigenvalue weighted by molar-refractivity contribution is -0.157. The molecule has 0 bridgehead atoms. The van der Waals surface area contributed by atoms with E-state index in [9.17, 15) is 27.9 Å². The third-order valence-corrected chi connectivity index (χ3v) is 4.52. The van der Waals surface area contributed by atoms with Crippen molar-refractivity contribution in [3.05, 3.63) is 17.5 Å². The molecule has 2 amide bonds. The molecule has 0 saturated carbocycles. The molecule has 1 aromatic rings. The number of aryl methyl sites for hydroxylation is 1. The first-order valence-corrected chi connectivity index (χ1v) is 8.79. The Morgan fingerprint density at radius 3 is 2.48 bits per heavy atom. The fourth-order valence-electron chi connectivity index (χ4n) is 3.22. The number of β-amino-alcohol motifs (C(OH)–C–C–N with tert-alkyl or cyclic N) is 1. The minimum atomic E-state index is -4.44. The highest BCUT2D eigenvalue weighted by molar-refractivity contribution is 5.92. The first-order valence-electron chi connectivity index (χ1n) is 8.79. The fraction of sp³-hybridized carbons (Fsp3) is 0.706. The molecule has 0 aliphatic carbocycles. The highest BCUT2D eigenvalue weighted by Crippen LogP contribution is 2.26. The lowest BCUT2D eigenvalue weighted by Crippen LogP contribution is -2.43. The van der Waals surface area contributed by atoms with E-state index in [0.29, 0.717) is 0 Å². The zero-order valence-corrected chi connectivity index (χ0v) is 15.7. The van der Waals surface area contributed by atoms with Crippen molar-refractivity contribution in [3.63, 3.8) is 0 Å². The molecule has 0 aromatic carbocycles. The van der Waals surface area contributed by atoms with E-state index in [2.05, 4.69) is 10.4 Å². The van der Waals surface area contributed by atoms with Crippen molar-refractivity contribution in [2.24, 2.45) is 5.92 Å². The number of aromatic nitrogens is 2. The van der Waals surface area contributed by atoms with Gasteiger partial charge in [-0.25, -0.2) is 0 Å². The van der Waals surface area contributed by atoms with Crippen LogP contribution in [0.25, 0.3) is 0 Å². The third-order valence-electron chi connectivity index (χ3n) is 4.52. The topological polar surface area (TPSA) is 87.5 Å². The van der Waals surface area contributed by atoms with Gasteiger partial charge in [0.2, 0.25) is 5.91 Å². The molecule has 3 atom stereocenters. The molecule has 7 nitrogen and oxygen atoms in total. The maximum Gasteiger partial charge on any atom is 0.389 e. The summed E-state index contributed by atoms with van der Waals surface area (Å²) in [5, 5.41) is 16.9. The molecule has 10 heteroatoms. The number of likely N-dealkylation sites (tertiary alicyclic amines) is 1. The second-order valence-electron chi connectivity index (χ2n) is 7.32. The van der Waals surface area contributed by atoms with Crippen LogP contribution in [0.3, 0.4) is 0 Å². The van der Waals surface area contributed by atoms with Crippen LogP contribution in [0.15, 0.2) is 6.07 Å². The van der Waals surface area contributed by atoms with Gasteiger partial charge >= 0.3 is 6.18 Å². The Kier molecular flexibility index (Phi) is 6.18. The number of carbonyl (C=O) groups excluding carboxylic acids is 2. The predicted octanol–water partition coefficient (Wildman–Crippen LogP) is 1.66. The number of amides is 2. The average molecular weight is 390 g/mol. The van der Waals surface area contributed by atoms with Gasteiger partial charge < -0.3 is 15.3 Å². The van der Waals surface area contributed by atoms with Crippen LogP contribution in [0.2, 0.25) is 0 Å². The minimum Gasteiger partial charge on any atom is -0.389 e. The number of halogens is 3. The molecule has 1 aromatic heterocycles. The number of nitrogens with zero attached hydrogens (tertiary/aromatic N) is 3. The molecule has 152 valence electrons. The molecule has 2 rings (SSSR count). The van der Waals surface area contributed by atoms with E-state index >= 15 is 0 Å². The van der Waals surface area contributed by atoms with Crippen molar-refractivity contribution in [2.45, 2.75) is 58.5 Å². The summed E-state index contributed by atoms with van der Waals surface area (Å²) in [7, 11) is 0. The Balaban J connectivity index is 1.99. The van der Waals surface area contributed by atoms with E-state index in [-0.39, 0.29) is 24.8 Å². The van der Waals surface area contributed by atoms with Crippen molar-refractivity contribution in [3.8, 4) is 0 Å². The van der Waals surface area contributed by atoms with E-state index < -0.39 is 42.5 Å². The maximum atomic E-state index is 12.5. The van der Waals surface area contributed by atoms with Crippen molar-refractivity contribution in [2.75, 3.05) is 13.1 Å². The maximum absolute atomic E-state index is 12.5. The lowest BCUT2D eigenvalue weighted by atomic mass is 10.1. The normalized spacial score (nSPS) is 21.6. The van der Waals surface area contributed by atoms with Gasteiger partial charge in [-0.05, 0) is 26.8 Å². The van der Waals surface area contributed by atoms with E-state index in [1.807, 2.05) is 20.8 Å². The number of hydrogen-bond donors (Lipinski definition) is 2. The zero-order chi connectivity index (χ0) is 20.5. The molecule has 1 aliphatic heterocycles. The Hall–Kier alpha value is -2.10. The Morgan fingerprint density at radius 1 is 1.33 bits per heavy atom. The van der Waals surface area contributed by atoms with Crippen LogP contribution in [-0.2, 0) is 4.79 Å². The number of aliphatic hydroxyl groups excluding tert-OH is 1. The van der Waals surface area contributed by atoms with Crippen molar-refractivity contribution in [1.29, 1.82) is 0 Å². The standard InChI is InChI=1S/C17H25F3N4O3/c1-9(2)24-11(4)5-12(22-24)15(26)21-13-7-23(8-14(13)25)16(27)10(3)6-17(18,19)20/h5,9-10,13-14,25H,6-8H2,1-4H3,(H,21,26)/t10-,13-,14-/m1/s1. The van der Waals surface area contributed by atoms with E-state index in [0.717, 1.165) is 10.6 Å². The van der Waals surface area contributed by atoms with E-state index in [1.165, 1.54) is 6.92 Å². The van der Waals surface area contributed by atoms with Gasteiger partial charge in [-0.1, -0.05) is 6.92 Å². The summed E-state index contributed by atoms with van der Waals surface area (Å²) < 4.78 is 39.1. The summed E-state index contributed by atoms with van der Waals surface area (Å²) in [6.45, 7) is 6.71. The number of alkyl halides is 3. The predicted molar refractivity (Wildman–Crippen MR) is 91.0 cm³/mol. The highest BCUT2D eigenvalue weighted by atomic mass is 19.4. The Bertz CT molecular complexity index is 702. The SMILES string of the molecule is Cc1cc(C(=O)N[C@@H]2CN(C(=O)[C@H](C)CC(F)(F)F)C[C@H]2O)nn1C(C)C. The van der Waals surface area contributed by atoms with Gasteiger partial charge in [0.05, 0.1) is 18.6 Å². The monoisotopic (exact) mass is 390 g/mol. The third kappa shape index (κ3) is 5.21. The summed E-state index contributed by atoms with van der Waals surface area (Å²) in [6.07, 6.45) is -6.71. The lowest BCUT2D eigenvalue weighted by Gasteiger charge is -2.21. The number of rotatable bonds is 5. The van der Waals surface area contributed by atoms with E-state index in [4.69, 9.17) is 0 Å². The minimum absolute atomic E-state index is 0.0438. The summed E-state index contributed by atoms with van der Waals surface area (Å²) in [5.41, 5.74) is 0.989. The van der Waals surface area contributed by atoms with Crippen LogP contribution in [0.4, 0.5) is 13.2 Å². The van der Waals surface area contributed by atoms with Gasteiger partial charge in [-0.15, -0.1) is 0 Å². The van der Waals surface area contributed by atoms with Gasteiger partial charge in [0.25, 0.3) is 5.91 Å². The van der Waals surface area contributed by atoms with Gasteiger partial charge in [-0.3, -0.25) is 14.3 Å². The van der Waals surface area contributed by atoms with Gasteiger partial charge in [-0.2, -0.15) is 18.3 Å². The quantitative estimate of drug-likeness (QED) is 0.801. The van der Waals surface area contributed by atoms with Crippen molar-refractivity contribution in [1.82, 2.24) is 20.0 Å². The first-order chi connectivity index (χ1) is 12.4. The van der Waals surface area contributed by atoms with Crippen LogP contribution in [0.1, 0.15) is 49.4 Å². The van der Waals surface area contributed by atoms with Gasteiger partial charge in [0.1, 0.15) is 5.69 Å².